The van der Waals surface area contributed by atoms with Gasteiger partial charge in [-0.3, -0.25) is 9.69 Å². The van der Waals surface area contributed by atoms with E-state index in [0.29, 0.717) is 12.3 Å². The Morgan fingerprint density at radius 3 is 2.52 bits per heavy atom. The lowest BCUT2D eigenvalue weighted by molar-refractivity contribution is -0.116. The molecule has 0 aliphatic heterocycles. The molecular weight excluding hydrogens is 405 g/mol. The van der Waals surface area contributed by atoms with Gasteiger partial charge in [0.25, 0.3) is 0 Å². The summed E-state index contributed by atoms with van der Waals surface area (Å²) in [5.41, 5.74) is 3.33. The number of thiazole rings is 1. The highest BCUT2D eigenvalue weighted by atomic mass is 32.2. The van der Waals surface area contributed by atoms with Gasteiger partial charge in [-0.15, -0.1) is 11.8 Å². The predicted molar refractivity (Wildman–Crippen MR) is 122 cm³/mol. The fraction of sp³-hybridized carbons (Fsp3) is 0.364. The van der Waals surface area contributed by atoms with Gasteiger partial charge in [-0.05, 0) is 82.4 Å². The van der Waals surface area contributed by atoms with E-state index in [0.717, 1.165) is 38.8 Å². The standard InChI is InChI=1S/C22H26FN3OS2/c1-15-6-11-19-21(16(15)2)24-22(29-19)26(13-5-12-25(3)4)20(27)14-28-18-9-7-17(23)8-10-18/h6-11H,5,12-14H2,1-4H3. The third kappa shape index (κ3) is 5.56. The topological polar surface area (TPSA) is 36.4 Å². The van der Waals surface area contributed by atoms with E-state index < -0.39 is 0 Å². The van der Waals surface area contributed by atoms with Crippen LogP contribution in [0.15, 0.2) is 41.3 Å². The first-order chi connectivity index (χ1) is 13.8. The fourth-order valence-corrected chi connectivity index (χ4v) is 4.80. The van der Waals surface area contributed by atoms with Crippen molar-refractivity contribution in [3.05, 3.63) is 53.3 Å². The monoisotopic (exact) mass is 431 g/mol. The van der Waals surface area contributed by atoms with Crippen molar-refractivity contribution >= 4 is 44.4 Å². The van der Waals surface area contributed by atoms with Crippen LogP contribution >= 0.6 is 23.1 Å². The van der Waals surface area contributed by atoms with Gasteiger partial charge < -0.3 is 4.90 Å². The number of halogens is 1. The van der Waals surface area contributed by atoms with Crippen LogP contribution in [0.25, 0.3) is 10.2 Å². The quantitative estimate of drug-likeness (QED) is 0.463. The Balaban J connectivity index is 1.80. The van der Waals surface area contributed by atoms with E-state index in [2.05, 4.69) is 30.9 Å². The first-order valence-corrected chi connectivity index (χ1v) is 11.4. The summed E-state index contributed by atoms with van der Waals surface area (Å²) in [5.74, 6) is 0.0410. The van der Waals surface area contributed by atoms with Gasteiger partial charge in [0.2, 0.25) is 5.91 Å². The van der Waals surface area contributed by atoms with Gasteiger partial charge in [0.05, 0.1) is 16.0 Å². The number of hydrogen-bond donors (Lipinski definition) is 0. The van der Waals surface area contributed by atoms with Gasteiger partial charge in [0.15, 0.2) is 5.13 Å². The van der Waals surface area contributed by atoms with Crippen LogP contribution in [0.1, 0.15) is 17.5 Å². The summed E-state index contributed by atoms with van der Waals surface area (Å²) in [6.45, 7) is 5.67. The second-order valence-corrected chi connectivity index (χ2v) is 9.35. The smallest absolute Gasteiger partial charge is 0.239 e. The van der Waals surface area contributed by atoms with Crippen molar-refractivity contribution in [1.82, 2.24) is 9.88 Å². The number of thioether (sulfide) groups is 1. The summed E-state index contributed by atoms with van der Waals surface area (Å²) in [7, 11) is 4.06. The fourth-order valence-electron chi connectivity index (χ4n) is 2.96. The highest BCUT2D eigenvalue weighted by Gasteiger charge is 2.20. The van der Waals surface area contributed by atoms with Crippen molar-refractivity contribution in [1.29, 1.82) is 0 Å². The highest BCUT2D eigenvalue weighted by Crippen LogP contribution is 2.32. The highest BCUT2D eigenvalue weighted by molar-refractivity contribution is 8.00. The van der Waals surface area contributed by atoms with Crippen LogP contribution in [-0.4, -0.2) is 48.7 Å². The molecule has 7 heteroatoms. The molecule has 29 heavy (non-hydrogen) atoms. The predicted octanol–water partition coefficient (Wildman–Crippen LogP) is 5.13. The molecule has 0 atom stereocenters. The maximum absolute atomic E-state index is 13.1. The Labute approximate surface area is 179 Å². The molecule has 0 saturated heterocycles. The molecule has 0 spiro atoms. The minimum atomic E-state index is -0.272. The molecular formula is C22H26FN3OS2. The minimum absolute atomic E-state index is 0.0199. The van der Waals surface area contributed by atoms with E-state index in [-0.39, 0.29) is 11.7 Å². The van der Waals surface area contributed by atoms with Crippen LogP contribution in [-0.2, 0) is 4.79 Å². The van der Waals surface area contributed by atoms with Crippen molar-refractivity contribution in [2.75, 3.05) is 37.8 Å². The van der Waals surface area contributed by atoms with Gasteiger partial charge >= 0.3 is 0 Å². The number of hydrogen-bond acceptors (Lipinski definition) is 5. The molecule has 0 N–H and O–H groups in total. The number of aromatic nitrogens is 1. The number of benzene rings is 2. The summed E-state index contributed by atoms with van der Waals surface area (Å²) in [4.78, 5) is 22.7. The van der Waals surface area contributed by atoms with E-state index in [9.17, 15) is 9.18 Å². The summed E-state index contributed by atoms with van der Waals surface area (Å²) in [6.07, 6.45) is 0.869. The number of nitrogens with zero attached hydrogens (tertiary/aromatic N) is 3. The molecule has 0 radical (unpaired) electrons. The normalized spacial score (nSPS) is 11.4. The molecule has 4 nitrogen and oxygen atoms in total. The van der Waals surface area contributed by atoms with Gasteiger partial charge in [-0.1, -0.05) is 17.4 Å². The number of rotatable bonds is 8. The SMILES string of the molecule is Cc1ccc2sc(N(CCCN(C)C)C(=O)CSc3ccc(F)cc3)nc2c1C. The third-order valence-corrected chi connectivity index (χ3v) is 6.81. The minimum Gasteiger partial charge on any atom is -0.309 e. The lowest BCUT2D eigenvalue weighted by Gasteiger charge is -2.21. The third-order valence-electron chi connectivity index (χ3n) is 4.77. The molecule has 0 saturated carbocycles. The number of carbonyl (C=O) groups excluding carboxylic acids is 1. The Bertz CT molecular complexity index is 986. The van der Waals surface area contributed by atoms with E-state index >= 15 is 0 Å². The molecule has 154 valence electrons. The van der Waals surface area contributed by atoms with E-state index in [4.69, 9.17) is 4.98 Å². The number of carbonyl (C=O) groups is 1. The van der Waals surface area contributed by atoms with Crippen molar-refractivity contribution in [3.8, 4) is 0 Å². The zero-order valence-electron chi connectivity index (χ0n) is 17.2. The molecule has 3 rings (SSSR count). The molecule has 3 aromatic rings. The van der Waals surface area contributed by atoms with Crippen molar-refractivity contribution in [2.45, 2.75) is 25.2 Å². The molecule has 2 aromatic carbocycles. The molecule has 1 aromatic heterocycles. The zero-order valence-corrected chi connectivity index (χ0v) is 18.9. The lowest BCUT2D eigenvalue weighted by atomic mass is 10.1. The van der Waals surface area contributed by atoms with Crippen LogP contribution in [0.4, 0.5) is 9.52 Å². The lowest BCUT2D eigenvalue weighted by Crippen LogP contribution is -2.34. The van der Waals surface area contributed by atoms with Crippen LogP contribution in [0.3, 0.4) is 0 Å². The molecule has 1 heterocycles. The largest absolute Gasteiger partial charge is 0.309 e. The second-order valence-electron chi connectivity index (χ2n) is 7.30. The van der Waals surface area contributed by atoms with Crippen molar-refractivity contribution in [3.63, 3.8) is 0 Å². The molecule has 0 aliphatic carbocycles. The number of anilines is 1. The second kappa shape index (κ2) is 9.69. The Morgan fingerprint density at radius 2 is 1.83 bits per heavy atom. The molecule has 0 fully saturated rings. The van der Waals surface area contributed by atoms with Gasteiger partial charge in [0.1, 0.15) is 5.82 Å². The Kier molecular flexibility index (Phi) is 7.27. The van der Waals surface area contributed by atoms with Crippen LogP contribution in [0.5, 0.6) is 0 Å². The Morgan fingerprint density at radius 1 is 1.10 bits per heavy atom. The first kappa shape index (κ1) is 21.7. The van der Waals surface area contributed by atoms with Gasteiger partial charge in [0, 0.05) is 11.4 Å². The average Bonchev–Trinajstić information content (AvgIpc) is 3.12. The van der Waals surface area contributed by atoms with Crippen LogP contribution < -0.4 is 4.90 Å². The van der Waals surface area contributed by atoms with Crippen LogP contribution in [0.2, 0.25) is 0 Å². The summed E-state index contributed by atoms with van der Waals surface area (Å²) in [5, 5.41) is 0.747. The van der Waals surface area contributed by atoms with Crippen molar-refractivity contribution < 1.29 is 9.18 Å². The number of aryl methyl sites for hydroxylation is 2. The zero-order chi connectivity index (χ0) is 21.0. The van der Waals surface area contributed by atoms with Gasteiger partial charge in [-0.25, -0.2) is 9.37 Å². The summed E-state index contributed by atoms with van der Waals surface area (Å²) in [6, 6.07) is 10.4. The Hall–Kier alpha value is -1.96. The maximum Gasteiger partial charge on any atom is 0.239 e. The molecule has 1 amide bonds. The number of amides is 1. The van der Waals surface area contributed by atoms with E-state index in [1.165, 1.54) is 29.5 Å². The first-order valence-electron chi connectivity index (χ1n) is 9.55. The van der Waals surface area contributed by atoms with E-state index in [1.54, 1.807) is 28.4 Å². The van der Waals surface area contributed by atoms with Crippen LogP contribution in [0, 0.1) is 19.7 Å². The maximum atomic E-state index is 13.1. The molecule has 0 bridgehead atoms. The molecule has 0 aliphatic rings. The van der Waals surface area contributed by atoms with Crippen molar-refractivity contribution in [2.24, 2.45) is 0 Å². The van der Waals surface area contributed by atoms with E-state index in [1.807, 2.05) is 14.1 Å². The van der Waals surface area contributed by atoms with Gasteiger partial charge in [-0.2, -0.15) is 0 Å². The number of fused-ring (bicyclic) bond motifs is 1. The average molecular weight is 432 g/mol. The summed E-state index contributed by atoms with van der Waals surface area (Å²) >= 11 is 2.98. The molecule has 0 unspecified atom stereocenters. The summed E-state index contributed by atoms with van der Waals surface area (Å²) < 4.78 is 14.2.